The summed E-state index contributed by atoms with van der Waals surface area (Å²) < 4.78 is 0.631. The van der Waals surface area contributed by atoms with E-state index in [9.17, 15) is 14.7 Å². The Hall–Kier alpha value is -1.21. The summed E-state index contributed by atoms with van der Waals surface area (Å²) >= 11 is 4.70. The predicted molar refractivity (Wildman–Crippen MR) is 77.7 cm³/mol. The third-order valence-corrected chi connectivity index (χ3v) is 3.55. The summed E-state index contributed by atoms with van der Waals surface area (Å²) in [7, 11) is 0. The normalized spacial score (nSPS) is 11.9. The van der Waals surface area contributed by atoms with Gasteiger partial charge in [-0.25, -0.2) is 4.79 Å². The second-order valence-corrected chi connectivity index (χ2v) is 5.71. The number of thioether (sulfide) groups is 1. The molecule has 0 aliphatic carbocycles. The van der Waals surface area contributed by atoms with E-state index >= 15 is 0 Å². The third-order valence-electron chi connectivity index (χ3n) is 2.42. The minimum absolute atomic E-state index is 0.0461. The molecule has 1 aromatic carbocycles. The Morgan fingerprint density at radius 3 is 2.74 bits per heavy atom. The summed E-state index contributed by atoms with van der Waals surface area (Å²) in [6, 6.07) is 3.45. The van der Waals surface area contributed by atoms with Crippen molar-refractivity contribution in [2.75, 3.05) is 12.0 Å². The molecule has 0 bridgehead atoms. The summed E-state index contributed by atoms with van der Waals surface area (Å²) in [5.74, 6) is -1.25. The molecule has 5 nitrogen and oxygen atoms in total. The molecule has 1 rings (SSSR count). The zero-order valence-corrected chi connectivity index (χ0v) is 12.6. The van der Waals surface area contributed by atoms with Crippen molar-refractivity contribution < 1.29 is 19.8 Å². The molecule has 0 spiro atoms. The summed E-state index contributed by atoms with van der Waals surface area (Å²) in [4.78, 5) is 23.0. The molecule has 1 aromatic rings. The van der Waals surface area contributed by atoms with E-state index in [1.807, 2.05) is 6.26 Å². The van der Waals surface area contributed by atoms with E-state index in [-0.39, 0.29) is 11.3 Å². The number of carbonyl (C=O) groups excluding carboxylic acids is 1. The van der Waals surface area contributed by atoms with E-state index < -0.39 is 17.9 Å². The number of halogens is 1. The van der Waals surface area contributed by atoms with Gasteiger partial charge < -0.3 is 15.5 Å². The first-order valence-corrected chi connectivity index (χ1v) is 7.65. The number of benzene rings is 1. The van der Waals surface area contributed by atoms with Crippen molar-refractivity contribution in [3.63, 3.8) is 0 Å². The van der Waals surface area contributed by atoms with Gasteiger partial charge in [-0.3, -0.25) is 4.79 Å². The summed E-state index contributed by atoms with van der Waals surface area (Å²) in [6.45, 7) is 0. The van der Waals surface area contributed by atoms with E-state index in [0.717, 1.165) is 0 Å². The maximum absolute atomic E-state index is 11.9. The number of phenolic OH excluding ortho intramolecular Hbond substituents is 1. The number of hydrogen-bond acceptors (Lipinski definition) is 4. The van der Waals surface area contributed by atoms with Crippen LogP contribution in [0.1, 0.15) is 16.8 Å². The van der Waals surface area contributed by atoms with Crippen LogP contribution in [0.3, 0.4) is 0 Å². The van der Waals surface area contributed by atoms with Gasteiger partial charge in [0.15, 0.2) is 0 Å². The molecular weight excluding hydrogens is 334 g/mol. The molecule has 1 atom stereocenters. The molecule has 0 unspecified atom stereocenters. The highest BCUT2D eigenvalue weighted by Gasteiger charge is 2.21. The van der Waals surface area contributed by atoms with Gasteiger partial charge in [0.1, 0.15) is 11.8 Å². The molecule has 0 fully saturated rings. The lowest BCUT2D eigenvalue weighted by atomic mass is 10.1. The quantitative estimate of drug-likeness (QED) is 0.733. The SMILES string of the molecule is CSCC[C@@H](NC(=O)c1cc(Br)ccc1O)C(=O)O. The van der Waals surface area contributed by atoms with Crippen LogP contribution in [0.25, 0.3) is 0 Å². The van der Waals surface area contributed by atoms with Crippen LogP contribution in [-0.4, -0.2) is 40.1 Å². The predicted octanol–water partition coefficient (Wildman–Crippen LogP) is 2.09. The van der Waals surface area contributed by atoms with E-state index in [4.69, 9.17) is 5.11 Å². The molecule has 104 valence electrons. The Labute approximate surface area is 123 Å². The zero-order valence-electron chi connectivity index (χ0n) is 10.2. The van der Waals surface area contributed by atoms with Crippen molar-refractivity contribution in [3.05, 3.63) is 28.2 Å². The monoisotopic (exact) mass is 347 g/mol. The minimum atomic E-state index is -1.09. The molecule has 0 saturated carbocycles. The van der Waals surface area contributed by atoms with Crippen LogP contribution in [0.4, 0.5) is 0 Å². The lowest BCUT2D eigenvalue weighted by Crippen LogP contribution is -2.41. The third kappa shape index (κ3) is 4.76. The number of carboxylic acid groups (broad SMARTS) is 1. The number of aromatic hydroxyl groups is 1. The molecule has 0 radical (unpaired) electrons. The largest absolute Gasteiger partial charge is 0.507 e. The van der Waals surface area contributed by atoms with E-state index in [1.54, 1.807) is 6.07 Å². The maximum atomic E-state index is 11.9. The fraction of sp³-hybridized carbons (Fsp3) is 0.333. The molecular formula is C12H14BrNO4S. The van der Waals surface area contributed by atoms with E-state index in [1.165, 1.54) is 23.9 Å². The second-order valence-electron chi connectivity index (χ2n) is 3.81. The Morgan fingerprint density at radius 1 is 1.47 bits per heavy atom. The van der Waals surface area contributed by atoms with Crippen LogP contribution in [0.2, 0.25) is 0 Å². The van der Waals surface area contributed by atoms with Crippen molar-refractivity contribution >= 4 is 39.6 Å². The molecule has 1 amide bonds. The van der Waals surface area contributed by atoms with Crippen molar-refractivity contribution in [2.45, 2.75) is 12.5 Å². The van der Waals surface area contributed by atoms with Gasteiger partial charge in [0, 0.05) is 4.47 Å². The maximum Gasteiger partial charge on any atom is 0.326 e. The highest BCUT2D eigenvalue weighted by molar-refractivity contribution is 9.10. The van der Waals surface area contributed by atoms with Crippen LogP contribution in [0.15, 0.2) is 22.7 Å². The highest BCUT2D eigenvalue weighted by atomic mass is 79.9. The average molecular weight is 348 g/mol. The van der Waals surface area contributed by atoms with Crippen molar-refractivity contribution in [3.8, 4) is 5.75 Å². The number of carbonyl (C=O) groups is 2. The Morgan fingerprint density at radius 2 is 2.16 bits per heavy atom. The second kappa shape index (κ2) is 7.40. The molecule has 7 heteroatoms. The van der Waals surface area contributed by atoms with Gasteiger partial charge >= 0.3 is 5.97 Å². The van der Waals surface area contributed by atoms with Crippen molar-refractivity contribution in [2.24, 2.45) is 0 Å². The molecule has 0 aliphatic rings. The standard InChI is InChI=1S/C12H14BrNO4S/c1-19-5-4-9(12(17)18)14-11(16)8-6-7(13)2-3-10(8)15/h2-3,6,9,15H,4-5H2,1H3,(H,14,16)(H,17,18)/t9-/m1/s1. The Kier molecular flexibility index (Phi) is 6.17. The first kappa shape index (κ1) is 15.8. The van der Waals surface area contributed by atoms with Crippen LogP contribution in [-0.2, 0) is 4.79 Å². The van der Waals surface area contributed by atoms with E-state index in [0.29, 0.717) is 16.6 Å². The van der Waals surface area contributed by atoms with Crippen molar-refractivity contribution in [1.82, 2.24) is 5.32 Å². The van der Waals surface area contributed by atoms with Crippen LogP contribution in [0, 0.1) is 0 Å². The minimum Gasteiger partial charge on any atom is -0.507 e. The van der Waals surface area contributed by atoms with Gasteiger partial charge in [0.2, 0.25) is 0 Å². The fourth-order valence-corrected chi connectivity index (χ4v) is 2.25. The molecule has 3 N–H and O–H groups in total. The number of nitrogens with one attached hydrogen (secondary N) is 1. The number of hydrogen-bond donors (Lipinski definition) is 3. The fourth-order valence-electron chi connectivity index (χ4n) is 1.42. The molecule has 0 heterocycles. The summed E-state index contributed by atoms with van der Waals surface area (Å²) in [5, 5.41) is 21.0. The number of aliphatic carboxylic acids is 1. The first-order valence-electron chi connectivity index (χ1n) is 5.46. The molecule has 19 heavy (non-hydrogen) atoms. The van der Waals surface area contributed by atoms with Crippen LogP contribution >= 0.6 is 27.7 Å². The number of amides is 1. The highest BCUT2D eigenvalue weighted by Crippen LogP contribution is 2.21. The first-order chi connectivity index (χ1) is 8.95. The van der Waals surface area contributed by atoms with Gasteiger partial charge in [-0.1, -0.05) is 15.9 Å². The average Bonchev–Trinajstić information content (AvgIpc) is 2.36. The van der Waals surface area contributed by atoms with Gasteiger partial charge in [0.05, 0.1) is 5.56 Å². The zero-order chi connectivity index (χ0) is 14.4. The van der Waals surface area contributed by atoms with Crippen LogP contribution < -0.4 is 5.32 Å². The lowest BCUT2D eigenvalue weighted by molar-refractivity contribution is -0.139. The van der Waals surface area contributed by atoms with Gasteiger partial charge in [-0.2, -0.15) is 11.8 Å². The summed E-state index contributed by atoms with van der Waals surface area (Å²) in [5.41, 5.74) is 0.0461. The van der Waals surface area contributed by atoms with Gasteiger partial charge in [-0.15, -0.1) is 0 Å². The Bertz CT molecular complexity index is 481. The smallest absolute Gasteiger partial charge is 0.326 e. The molecule has 0 aliphatic heterocycles. The van der Waals surface area contributed by atoms with E-state index in [2.05, 4.69) is 21.2 Å². The van der Waals surface area contributed by atoms with Crippen LogP contribution in [0.5, 0.6) is 5.75 Å². The topological polar surface area (TPSA) is 86.6 Å². The summed E-state index contributed by atoms with van der Waals surface area (Å²) in [6.07, 6.45) is 2.19. The Balaban J connectivity index is 2.81. The molecule has 0 saturated heterocycles. The number of phenols is 1. The number of rotatable bonds is 6. The van der Waals surface area contributed by atoms with Gasteiger partial charge in [-0.05, 0) is 36.6 Å². The van der Waals surface area contributed by atoms with Crippen molar-refractivity contribution in [1.29, 1.82) is 0 Å². The number of carboxylic acids is 1. The molecule has 0 aromatic heterocycles. The van der Waals surface area contributed by atoms with Gasteiger partial charge in [0.25, 0.3) is 5.91 Å². The lowest BCUT2D eigenvalue weighted by Gasteiger charge is -2.14.